The predicted octanol–water partition coefficient (Wildman–Crippen LogP) is 12.8. The normalized spacial score (nSPS) is 14.1. The molecule has 22 rings (SSSR count). The van der Waals surface area contributed by atoms with E-state index in [2.05, 4.69) is 301 Å². The van der Waals surface area contributed by atoms with Crippen LogP contribution in [0.5, 0.6) is 0 Å². The molecular weight excluding hydrogens is 1050 g/mol. The molecule has 16 aromatic rings. The number of hydrogen-bond acceptors (Lipinski definition) is 3. The molecule has 6 aliphatic heterocycles. The Morgan fingerprint density at radius 3 is 0.736 bits per heavy atom. The average Bonchev–Trinajstić information content (AvgIpc) is 1.50. The second-order valence-electron chi connectivity index (χ2n) is 24.5. The van der Waals surface area contributed by atoms with Crippen molar-refractivity contribution in [1.29, 1.82) is 0 Å². The van der Waals surface area contributed by atoms with Crippen molar-refractivity contribution in [3.05, 3.63) is 273 Å². The molecule has 13 aromatic carbocycles. The van der Waals surface area contributed by atoms with Crippen molar-refractivity contribution in [2.75, 3.05) is 14.7 Å². The Morgan fingerprint density at radius 2 is 0.425 bits per heavy atom. The predicted molar refractivity (Wildman–Crippen MR) is 367 cm³/mol. The SMILES string of the molecule is c1ccc(N2c3ccccc3B3c4c2cccc4-n2c4c3cccc4c3c2c2c4cccc5c4n(c2c2c4cccc6c4n(c32)-c2cccc3c2B6c2ccccc2N3c2ccccc2)-c2cccc3c2B5c2ccccc2N3c2ccccc2)cc1. The van der Waals surface area contributed by atoms with Crippen LogP contribution in [-0.2, 0) is 0 Å². The van der Waals surface area contributed by atoms with Crippen molar-refractivity contribution < 1.29 is 0 Å². The van der Waals surface area contributed by atoms with Gasteiger partial charge in [-0.2, -0.15) is 0 Å². The maximum atomic E-state index is 2.74. The van der Waals surface area contributed by atoms with Crippen LogP contribution < -0.4 is 63.9 Å². The lowest BCUT2D eigenvalue weighted by Gasteiger charge is -2.40. The summed E-state index contributed by atoms with van der Waals surface area (Å²) in [4.78, 5) is 7.54. The second-order valence-corrected chi connectivity index (χ2v) is 24.5. The van der Waals surface area contributed by atoms with Crippen LogP contribution in [0.1, 0.15) is 0 Å². The minimum Gasteiger partial charge on any atom is -0.311 e. The first-order valence-electron chi connectivity index (χ1n) is 30.6. The van der Waals surface area contributed by atoms with Crippen molar-refractivity contribution in [1.82, 2.24) is 13.7 Å². The van der Waals surface area contributed by atoms with Crippen molar-refractivity contribution in [3.63, 3.8) is 0 Å². The maximum absolute atomic E-state index is 2.74. The summed E-state index contributed by atoms with van der Waals surface area (Å²) in [6.45, 7) is -0.00983. The van der Waals surface area contributed by atoms with Crippen LogP contribution in [0.25, 0.3) is 82.5 Å². The number of nitrogens with zero attached hydrogens (tertiary/aromatic N) is 6. The third kappa shape index (κ3) is 5.30. The number of para-hydroxylation sites is 9. The molecule has 9 heteroatoms. The van der Waals surface area contributed by atoms with Crippen LogP contribution in [0.2, 0.25) is 0 Å². The molecular formula is C78H45B3N6. The van der Waals surface area contributed by atoms with Gasteiger partial charge in [-0.25, -0.2) is 0 Å². The van der Waals surface area contributed by atoms with Gasteiger partial charge >= 0.3 is 0 Å². The molecule has 0 amide bonds. The summed E-state index contributed by atoms with van der Waals surface area (Å²) in [6.07, 6.45) is 0. The van der Waals surface area contributed by atoms with E-state index in [9.17, 15) is 0 Å². The number of anilines is 9. The lowest BCUT2D eigenvalue weighted by atomic mass is 9.34. The Balaban J connectivity index is 0.975. The average molecular weight is 1100 g/mol. The number of benzene rings is 13. The fourth-order valence-electron chi connectivity index (χ4n) is 17.8. The monoisotopic (exact) mass is 1100 g/mol. The van der Waals surface area contributed by atoms with Crippen molar-refractivity contribution in [2.24, 2.45) is 0 Å². The summed E-state index contributed by atoms with van der Waals surface area (Å²) in [5.74, 6) is 0. The molecule has 0 radical (unpaired) electrons. The standard InChI is InChI=1S/C78H45B3N6/c1-4-22-46(23-5-1)82-58-37-13-10-31-52(58)79-55-34-16-28-49-67-76(85(73(49)55)64-43-19-40-61(82)70(64)79)68-50-29-17-35-56-74(50)86(65-44-20-41-62-71(65)80(56)53-32-11-14-38-59(53)83(62)47-24-6-2-7-25-47)78(68)69-51-30-18-36-57-75(51)87(77(67)69)66-45-21-42-63-72(66)81(57)54-33-12-15-39-60(54)84(63)48-26-8-3-9-27-48/h1-45H. The van der Waals surface area contributed by atoms with Gasteiger partial charge in [-0.05, 0) is 140 Å². The van der Waals surface area contributed by atoms with Crippen LogP contribution in [-0.4, -0.2) is 33.8 Å². The molecule has 0 atom stereocenters. The first kappa shape index (κ1) is 45.3. The van der Waals surface area contributed by atoms with Gasteiger partial charge in [-0.3, -0.25) is 0 Å². The summed E-state index contributed by atoms with van der Waals surface area (Å²) < 4.78 is 8.23. The van der Waals surface area contributed by atoms with Crippen LogP contribution in [0.3, 0.4) is 0 Å². The molecule has 0 bridgehead atoms. The fourth-order valence-corrected chi connectivity index (χ4v) is 17.8. The summed E-state index contributed by atoms with van der Waals surface area (Å²) in [6, 6.07) is 104. The van der Waals surface area contributed by atoms with Gasteiger partial charge in [0, 0.05) is 117 Å². The molecule has 87 heavy (non-hydrogen) atoms. The van der Waals surface area contributed by atoms with Gasteiger partial charge in [-0.1, -0.05) is 182 Å². The number of hydrogen-bond donors (Lipinski definition) is 0. The van der Waals surface area contributed by atoms with Gasteiger partial charge in [0.25, 0.3) is 20.1 Å². The molecule has 0 spiro atoms. The fraction of sp³-hybridized carbons (Fsp3) is 0. The number of aromatic nitrogens is 3. The van der Waals surface area contributed by atoms with Gasteiger partial charge in [-0.15, -0.1) is 0 Å². The molecule has 0 fully saturated rings. The molecule has 0 saturated carbocycles. The Labute approximate surface area is 501 Å². The lowest BCUT2D eigenvalue weighted by molar-refractivity contribution is 1.17. The zero-order valence-electron chi connectivity index (χ0n) is 46.9. The Kier molecular flexibility index (Phi) is 8.32. The first-order chi connectivity index (χ1) is 43.3. The second kappa shape index (κ2) is 16.0. The molecule has 6 nitrogen and oxygen atoms in total. The van der Waals surface area contributed by atoms with Crippen LogP contribution in [0, 0.1) is 0 Å². The maximum Gasteiger partial charge on any atom is 0.252 e. The van der Waals surface area contributed by atoms with Gasteiger partial charge in [0.2, 0.25) is 0 Å². The molecule has 396 valence electrons. The molecule has 0 saturated heterocycles. The Bertz CT molecular complexity index is 5230. The van der Waals surface area contributed by atoms with E-state index in [4.69, 9.17) is 0 Å². The zero-order chi connectivity index (χ0) is 56.1. The van der Waals surface area contributed by atoms with Gasteiger partial charge in [0.15, 0.2) is 0 Å². The lowest BCUT2D eigenvalue weighted by Crippen LogP contribution is -2.60. The highest BCUT2D eigenvalue weighted by molar-refractivity contribution is 7.02. The van der Waals surface area contributed by atoms with Crippen molar-refractivity contribution in [3.8, 4) is 17.1 Å². The molecule has 0 N–H and O–H groups in total. The Morgan fingerprint density at radius 1 is 0.184 bits per heavy atom. The summed E-state index contributed by atoms with van der Waals surface area (Å²) >= 11 is 0. The van der Waals surface area contributed by atoms with Gasteiger partial charge in [0.05, 0.1) is 16.6 Å². The zero-order valence-corrected chi connectivity index (χ0v) is 46.9. The van der Waals surface area contributed by atoms with Crippen LogP contribution >= 0.6 is 0 Å². The highest BCUT2D eigenvalue weighted by atomic mass is 15.2. The Hall–Kier alpha value is -11.1. The van der Waals surface area contributed by atoms with Gasteiger partial charge < -0.3 is 28.4 Å². The third-order valence-corrected chi connectivity index (χ3v) is 20.7. The van der Waals surface area contributed by atoms with E-state index in [1.54, 1.807) is 0 Å². The summed E-state index contributed by atoms with van der Waals surface area (Å²) in [5, 5.41) is 7.67. The van der Waals surface area contributed by atoms with Crippen molar-refractivity contribution >= 4 is 186 Å². The van der Waals surface area contributed by atoms with E-state index in [-0.39, 0.29) is 20.1 Å². The molecule has 9 heterocycles. The van der Waals surface area contributed by atoms with Crippen LogP contribution in [0.15, 0.2) is 273 Å². The van der Waals surface area contributed by atoms with E-state index in [0.717, 1.165) is 17.1 Å². The van der Waals surface area contributed by atoms with E-state index in [1.807, 2.05) is 0 Å². The van der Waals surface area contributed by atoms with Crippen LogP contribution in [0.4, 0.5) is 51.2 Å². The van der Waals surface area contributed by atoms with Crippen molar-refractivity contribution in [2.45, 2.75) is 0 Å². The summed E-state index contributed by atoms with van der Waals surface area (Å²) in [5.41, 5.74) is 34.0. The minimum atomic E-state index is -0.00328. The molecule has 0 unspecified atom stereocenters. The molecule has 0 aliphatic carbocycles. The quantitative estimate of drug-likeness (QED) is 0.165. The molecule has 3 aromatic heterocycles. The van der Waals surface area contributed by atoms with E-state index in [0.29, 0.717) is 0 Å². The van der Waals surface area contributed by atoms with Gasteiger partial charge in [0.1, 0.15) is 0 Å². The first-order valence-corrected chi connectivity index (χ1v) is 30.6. The van der Waals surface area contributed by atoms with E-state index in [1.165, 1.54) is 166 Å². The number of rotatable bonds is 3. The minimum absolute atomic E-state index is 0.00328. The third-order valence-electron chi connectivity index (χ3n) is 20.7. The summed E-state index contributed by atoms with van der Waals surface area (Å²) in [7, 11) is 0. The number of fused-ring (bicyclic) bond motifs is 24. The van der Waals surface area contributed by atoms with E-state index >= 15 is 0 Å². The topological polar surface area (TPSA) is 24.5 Å². The smallest absolute Gasteiger partial charge is 0.252 e. The highest BCUT2D eigenvalue weighted by Crippen LogP contribution is 2.53. The highest BCUT2D eigenvalue weighted by Gasteiger charge is 2.48. The molecule has 6 aliphatic rings. The van der Waals surface area contributed by atoms with E-state index < -0.39 is 0 Å². The largest absolute Gasteiger partial charge is 0.311 e.